The summed E-state index contributed by atoms with van der Waals surface area (Å²) >= 11 is 0. The third kappa shape index (κ3) is 4.05. The number of benzene rings is 7. The maximum atomic E-state index is 6.49. The Balaban J connectivity index is 1.00. The third-order valence-corrected chi connectivity index (χ3v) is 15.0. The molecule has 4 bridgehead atoms. The van der Waals surface area contributed by atoms with Crippen LogP contribution < -0.4 is 0 Å². The zero-order valence-corrected chi connectivity index (χ0v) is 32.0. The van der Waals surface area contributed by atoms with Crippen LogP contribution in [0.4, 0.5) is 0 Å². The lowest BCUT2D eigenvalue weighted by Gasteiger charge is -2.61. The second-order valence-electron chi connectivity index (χ2n) is 17.7. The van der Waals surface area contributed by atoms with Gasteiger partial charge in [-0.1, -0.05) is 115 Å². The molecule has 4 nitrogen and oxygen atoms in total. The van der Waals surface area contributed by atoms with Gasteiger partial charge in [-0.3, -0.25) is 4.57 Å². The normalized spacial score (nSPS) is 22.9. The first-order valence-corrected chi connectivity index (χ1v) is 21.2. The van der Waals surface area contributed by atoms with Crippen molar-refractivity contribution in [3.05, 3.63) is 163 Å². The molecule has 0 atom stereocenters. The Labute approximate surface area is 335 Å². The van der Waals surface area contributed by atoms with E-state index in [1.807, 2.05) is 18.2 Å². The van der Waals surface area contributed by atoms with Crippen LogP contribution in [-0.2, 0) is 5.41 Å². The van der Waals surface area contributed by atoms with Crippen LogP contribution >= 0.6 is 0 Å². The highest BCUT2D eigenvalue weighted by Crippen LogP contribution is 2.69. The van der Waals surface area contributed by atoms with Gasteiger partial charge in [0.25, 0.3) is 0 Å². The van der Waals surface area contributed by atoms with E-state index in [-0.39, 0.29) is 5.41 Å². The van der Waals surface area contributed by atoms with Gasteiger partial charge in [-0.15, -0.1) is 0 Å². The summed E-state index contributed by atoms with van der Waals surface area (Å²) in [4.78, 5) is 10.7. The van der Waals surface area contributed by atoms with Crippen molar-refractivity contribution in [2.24, 2.45) is 23.7 Å². The molecule has 0 N–H and O–H groups in total. The summed E-state index contributed by atoms with van der Waals surface area (Å²) in [6, 6.07) is 55.7. The van der Waals surface area contributed by atoms with E-state index in [0.29, 0.717) is 11.5 Å². The van der Waals surface area contributed by atoms with E-state index in [1.54, 1.807) is 11.1 Å². The lowest BCUT2D eigenvalue weighted by atomic mass is 9.43. The maximum Gasteiger partial charge on any atom is 0.236 e. The third-order valence-electron chi connectivity index (χ3n) is 15.0. The van der Waals surface area contributed by atoms with Crippen LogP contribution in [-0.4, -0.2) is 14.5 Å². The molecule has 4 fully saturated rings. The van der Waals surface area contributed by atoms with Gasteiger partial charge >= 0.3 is 0 Å². The second-order valence-corrected chi connectivity index (χ2v) is 17.7. The molecule has 4 saturated carbocycles. The molecular formula is C54H39N3O. The molecule has 3 aromatic heterocycles. The summed E-state index contributed by atoms with van der Waals surface area (Å²) in [6.45, 7) is 0. The summed E-state index contributed by atoms with van der Waals surface area (Å²) in [5.41, 5.74) is 15.1. The lowest BCUT2D eigenvalue weighted by molar-refractivity contribution is -0.0399. The number of nitrogens with zero attached hydrogens (tertiary/aromatic N) is 3. The van der Waals surface area contributed by atoms with Gasteiger partial charge in [0, 0.05) is 27.1 Å². The standard InChI is InChI=1S/C54H39N3O/c1-2-11-34(12-3-1)50-52-51(41-15-7-9-17-48(41)58-52)56-53(55-50)57-46-22-20-36(30-43(46)49-39-13-5-4-10-33(39)19-23-47(49)57)35-18-21-45-42(29-35)40-14-6-8-16-44(40)54(45)37-25-31-24-32(27-37)28-38(54)26-31/h1-23,29-32,37-38H,24-28H2. The van der Waals surface area contributed by atoms with Gasteiger partial charge in [0.15, 0.2) is 5.58 Å². The Morgan fingerprint density at radius 1 is 0.517 bits per heavy atom. The highest BCUT2D eigenvalue weighted by molar-refractivity contribution is 6.22. The van der Waals surface area contributed by atoms with Gasteiger partial charge in [0.2, 0.25) is 5.95 Å². The van der Waals surface area contributed by atoms with Crippen LogP contribution in [0.15, 0.2) is 156 Å². The Hall–Kier alpha value is -6.52. The van der Waals surface area contributed by atoms with Crippen molar-refractivity contribution in [2.75, 3.05) is 0 Å². The first kappa shape index (κ1) is 31.6. The highest BCUT2D eigenvalue weighted by Gasteiger charge is 2.61. The number of aromatic nitrogens is 3. The lowest BCUT2D eigenvalue weighted by Crippen LogP contribution is -2.55. The predicted octanol–water partition coefficient (Wildman–Crippen LogP) is 13.7. The highest BCUT2D eigenvalue weighted by atomic mass is 16.3. The van der Waals surface area contributed by atoms with Crippen LogP contribution in [0.3, 0.4) is 0 Å². The van der Waals surface area contributed by atoms with Gasteiger partial charge in [-0.25, -0.2) is 9.97 Å². The monoisotopic (exact) mass is 745 g/mol. The van der Waals surface area contributed by atoms with Crippen LogP contribution in [0, 0.1) is 23.7 Å². The Bertz CT molecular complexity index is 3340. The summed E-state index contributed by atoms with van der Waals surface area (Å²) in [6.07, 6.45) is 7.07. The second kappa shape index (κ2) is 11.3. The molecule has 58 heavy (non-hydrogen) atoms. The molecule has 7 aromatic carbocycles. The molecule has 0 saturated heterocycles. The quantitative estimate of drug-likeness (QED) is 0.181. The number of furan rings is 1. The molecule has 0 unspecified atom stereocenters. The average molecular weight is 746 g/mol. The number of hydrogen-bond donors (Lipinski definition) is 0. The first-order chi connectivity index (χ1) is 28.7. The fourth-order valence-electron chi connectivity index (χ4n) is 13.0. The Morgan fingerprint density at radius 2 is 1.21 bits per heavy atom. The van der Waals surface area contributed by atoms with Crippen molar-refractivity contribution in [1.82, 2.24) is 14.5 Å². The molecule has 4 heteroatoms. The van der Waals surface area contributed by atoms with Crippen LogP contribution in [0.2, 0.25) is 0 Å². The van der Waals surface area contributed by atoms with Gasteiger partial charge in [-0.05, 0) is 136 Å². The Morgan fingerprint density at radius 3 is 2.07 bits per heavy atom. The average Bonchev–Trinajstić information content (AvgIpc) is 3.91. The zero-order chi connectivity index (χ0) is 37.7. The van der Waals surface area contributed by atoms with Gasteiger partial charge in [0.05, 0.1) is 11.0 Å². The van der Waals surface area contributed by atoms with Crippen LogP contribution in [0.1, 0.15) is 43.2 Å². The molecule has 1 spiro atoms. The summed E-state index contributed by atoms with van der Waals surface area (Å²) < 4.78 is 8.76. The smallest absolute Gasteiger partial charge is 0.236 e. The van der Waals surface area contributed by atoms with Crippen molar-refractivity contribution in [1.29, 1.82) is 0 Å². The van der Waals surface area contributed by atoms with Crippen molar-refractivity contribution < 1.29 is 4.42 Å². The van der Waals surface area contributed by atoms with E-state index in [0.717, 1.165) is 62.4 Å². The summed E-state index contributed by atoms with van der Waals surface area (Å²) in [5, 5.41) is 5.85. The van der Waals surface area contributed by atoms with E-state index in [1.165, 1.54) is 75.9 Å². The minimum atomic E-state index is 0.175. The molecule has 3 heterocycles. The fraction of sp³-hybridized carbons (Fsp3) is 0.185. The molecule has 5 aliphatic rings. The van der Waals surface area contributed by atoms with E-state index >= 15 is 0 Å². The predicted molar refractivity (Wildman–Crippen MR) is 235 cm³/mol. The number of hydrogen-bond acceptors (Lipinski definition) is 3. The largest absolute Gasteiger partial charge is 0.452 e. The molecule has 0 aliphatic heterocycles. The van der Waals surface area contributed by atoms with E-state index < -0.39 is 0 Å². The van der Waals surface area contributed by atoms with Crippen molar-refractivity contribution in [2.45, 2.75) is 37.5 Å². The summed E-state index contributed by atoms with van der Waals surface area (Å²) in [7, 11) is 0. The molecule has 0 amide bonds. The van der Waals surface area contributed by atoms with E-state index in [2.05, 4.69) is 138 Å². The molecule has 10 aromatic rings. The molecule has 276 valence electrons. The van der Waals surface area contributed by atoms with Crippen molar-refractivity contribution >= 4 is 54.6 Å². The first-order valence-electron chi connectivity index (χ1n) is 21.2. The van der Waals surface area contributed by atoms with Gasteiger partial charge < -0.3 is 4.42 Å². The van der Waals surface area contributed by atoms with Crippen molar-refractivity contribution in [3.8, 4) is 39.5 Å². The SMILES string of the molecule is c1ccc(-c2nc(-n3c4ccc(-c5ccc6c(c5)-c5ccccc5C65C6CC7CC(C6)CC5C7)cc4c4c5ccccc5ccc43)nc3c2oc2ccccc23)cc1. The Kier molecular flexibility index (Phi) is 6.16. The molecule has 15 rings (SSSR count). The van der Waals surface area contributed by atoms with Crippen LogP contribution in [0.25, 0.3) is 94.1 Å². The van der Waals surface area contributed by atoms with E-state index in [9.17, 15) is 0 Å². The van der Waals surface area contributed by atoms with E-state index in [4.69, 9.17) is 14.4 Å². The number of rotatable bonds is 3. The fourth-order valence-corrected chi connectivity index (χ4v) is 13.0. The minimum Gasteiger partial charge on any atom is -0.452 e. The molecule has 0 radical (unpaired) electrons. The summed E-state index contributed by atoms with van der Waals surface area (Å²) in [5.74, 6) is 4.03. The maximum absolute atomic E-state index is 6.49. The topological polar surface area (TPSA) is 43.9 Å². The molecule has 5 aliphatic carbocycles. The van der Waals surface area contributed by atoms with Gasteiger partial charge in [-0.2, -0.15) is 0 Å². The zero-order valence-electron chi connectivity index (χ0n) is 32.0. The minimum absolute atomic E-state index is 0.175. The number of para-hydroxylation sites is 1. The van der Waals surface area contributed by atoms with Crippen molar-refractivity contribution in [3.63, 3.8) is 0 Å². The van der Waals surface area contributed by atoms with Crippen LogP contribution in [0.5, 0.6) is 0 Å². The number of fused-ring (bicyclic) bond motifs is 11. The molecular weight excluding hydrogens is 707 g/mol. The van der Waals surface area contributed by atoms with Gasteiger partial charge in [0.1, 0.15) is 16.8 Å².